The van der Waals surface area contributed by atoms with Crippen molar-refractivity contribution in [3.05, 3.63) is 35.9 Å². The number of piperidine rings is 2. The lowest BCUT2D eigenvalue weighted by Gasteiger charge is -2.37. The number of ether oxygens (including phenoxy) is 2. The number of primary sulfonamides is 2. The SMILES string of the molecule is CO[C@@H]1C[C@H](S(N)(=O)=O)CN(c2ncc(F)c(CO[C@H]3C[C@@H](S(N)(=O)=O)CN(c4ncc(F)cn4)C3)n2)C1. The fourth-order valence-corrected chi connectivity index (χ4v) is 6.16. The number of hydrogen-bond donors (Lipinski definition) is 2. The molecule has 0 unspecified atom stereocenters. The third kappa shape index (κ3) is 6.86. The maximum absolute atomic E-state index is 14.6. The van der Waals surface area contributed by atoms with Gasteiger partial charge in [-0.3, -0.25) is 0 Å². The molecule has 38 heavy (non-hydrogen) atoms. The molecule has 2 fully saturated rings. The number of anilines is 2. The summed E-state index contributed by atoms with van der Waals surface area (Å²) in [5.41, 5.74) is -0.121. The van der Waals surface area contributed by atoms with Crippen LogP contribution < -0.4 is 20.1 Å². The number of rotatable bonds is 8. The van der Waals surface area contributed by atoms with Gasteiger partial charge in [0.25, 0.3) is 0 Å². The summed E-state index contributed by atoms with van der Waals surface area (Å²) < 4.78 is 87.1. The van der Waals surface area contributed by atoms with Gasteiger partial charge in [-0.1, -0.05) is 0 Å². The Labute approximate surface area is 218 Å². The first kappa shape index (κ1) is 28.4. The van der Waals surface area contributed by atoms with Gasteiger partial charge in [-0.05, 0) is 12.8 Å². The van der Waals surface area contributed by atoms with Crippen molar-refractivity contribution in [1.29, 1.82) is 0 Å². The third-order valence-corrected chi connectivity index (χ3v) is 8.98. The second-order valence-corrected chi connectivity index (χ2v) is 12.8. The van der Waals surface area contributed by atoms with Crippen molar-refractivity contribution >= 4 is 31.9 Å². The van der Waals surface area contributed by atoms with Gasteiger partial charge in [-0.15, -0.1) is 0 Å². The minimum atomic E-state index is -3.97. The Morgan fingerprint density at radius 2 is 1.39 bits per heavy atom. The molecular formula is C20H28F2N8O6S2. The van der Waals surface area contributed by atoms with Crippen LogP contribution in [0.5, 0.6) is 0 Å². The predicted octanol–water partition coefficient (Wildman–Crippen LogP) is -1.12. The Kier molecular flexibility index (Phi) is 8.38. The molecule has 4 heterocycles. The van der Waals surface area contributed by atoms with E-state index in [0.717, 1.165) is 18.6 Å². The third-order valence-electron chi connectivity index (χ3n) is 6.44. The summed E-state index contributed by atoms with van der Waals surface area (Å²) in [5, 5.41) is 8.76. The van der Waals surface area contributed by atoms with Crippen LogP contribution in [0.15, 0.2) is 18.6 Å². The highest BCUT2D eigenvalue weighted by Gasteiger charge is 2.37. The maximum Gasteiger partial charge on any atom is 0.225 e. The van der Waals surface area contributed by atoms with E-state index in [1.807, 2.05) is 0 Å². The second kappa shape index (κ2) is 11.2. The molecule has 2 aromatic heterocycles. The molecule has 0 radical (unpaired) electrons. The van der Waals surface area contributed by atoms with Crippen molar-refractivity contribution in [2.75, 3.05) is 43.1 Å². The molecular weight excluding hydrogens is 550 g/mol. The van der Waals surface area contributed by atoms with Crippen molar-refractivity contribution in [1.82, 2.24) is 19.9 Å². The molecule has 4 rings (SSSR count). The van der Waals surface area contributed by atoms with Crippen LogP contribution in [0, 0.1) is 11.6 Å². The molecule has 2 saturated heterocycles. The van der Waals surface area contributed by atoms with E-state index in [2.05, 4.69) is 19.9 Å². The summed E-state index contributed by atoms with van der Waals surface area (Å²) in [7, 11) is -6.40. The fraction of sp³-hybridized carbons (Fsp3) is 0.600. The summed E-state index contributed by atoms with van der Waals surface area (Å²) >= 11 is 0. The predicted molar refractivity (Wildman–Crippen MR) is 131 cm³/mol. The van der Waals surface area contributed by atoms with Crippen LogP contribution in [0.3, 0.4) is 0 Å². The number of methoxy groups -OCH3 is 1. The smallest absolute Gasteiger partial charge is 0.225 e. The van der Waals surface area contributed by atoms with E-state index in [9.17, 15) is 25.6 Å². The molecule has 4 atom stereocenters. The van der Waals surface area contributed by atoms with Crippen LogP contribution >= 0.6 is 0 Å². The van der Waals surface area contributed by atoms with Crippen molar-refractivity contribution in [2.24, 2.45) is 10.3 Å². The lowest BCUT2D eigenvalue weighted by Crippen LogP contribution is -2.51. The summed E-state index contributed by atoms with van der Waals surface area (Å²) in [4.78, 5) is 19.0. The van der Waals surface area contributed by atoms with E-state index in [1.165, 1.54) is 12.0 Å². The van der Waals surface area contributed by atoms with Gasteiger partial charge >= 0.3 is 0 Å². The highest BCUT2D eigenvalue weighted by Crippen LogP contribution is 2.25. The number of halogens is 2. The standard InChI is InChI=1S/C20H28F2N8O6S2/c1-35-13-2-15(37(23,31)32)10-30(7-13)20-27-6-17(22)18(28-20)11-36-14-3-16(38(24,33)34)9-29(8-14)19-25-4-12(21)5-26-19/h4-6,13-16H,2-3,7-11H2,1H3,(H2,23,31,32)(H2,24,33,34)/t13-,14+,15+,16-/m1/s1. The Morgan fingerprint density at radius 1 is 0.868 bits per heavy atom. The first-order valence-corrected chi connectivity index (χ1v) is 14.7. The van der Waals surface area contributed by atoms with Crippen LogP contribution in [-0.2, 0) is 36.1 Å². The summed E-state index contributed by atoms with van der Waals surface area (Å²) in [6, 6.07) is 0. The van der Waals surface area contributed by atoms with Crippen molar-refractivity contribution < 1.29 is 35.1 Å². The molecule has 0 aromatic carbocycles. The van der Waals surface area contributed by atoms with Gasteiger partial charge in [-0.2, -0.15) is 0 Å². The average Bonchev–Trinajstić information content (AvgIpc) is 2.87. The molecule has 14 nitrogen and oxygen atoms in total. The number of sulfonamides is 2. The van der Waals surface area contributed by atoms with E-state index < -0.39 is 54.4 Å². The van der Waals surface area contributed by atoms with Crippen LogP contribution in [-0.4, -0.2) is 92.8 Å². The van der Waals surface area contributed by atoms with E-state index in [4.69, 9.17) is 19.8 Å². The van der Waals surface area contributed by atoms with Gasteiger partial charge in [0.2, 0.25) is 31.9 Å². The second-order valence-electron chi connectivity index (χ2n) is 9.16. The molecule has 2 aromatic rings. The molecule has 210 valence electrons. The highest BCUT2D eigenvalue weighted by atomic mass is 32.2. The molecule has 0 aliphatic carbocycles. The van der Waals surface area contributed by atoms with Crippen molar-refractivity contribution in [2.45, 2.75) is 42.2 Å². The fourth-order valence-electron chi connectivity index (χ4n) is 4.42. The average molecular weight is 579 g/mol. The molecule has 0 spiro atoms. The molecule has 0 saturated carbocycles. The van der Waals surface area contributed by atoms with Crippen molar-refractivity contribution in [3.63, 3.8) is 0 Å². The Morgan fingerprint density at radius 3 is 1.97 bits per heavy atom. The number of nitrogens with two attached hydrogens (primary N) is 2. The zero-order chi connectivity index (χ0) is 27.7. The van der Waals surface area contributed by atoms with Crippen LogP contribution in [0.1, 0.15) is 18.5 Å². The lowest BCUT2D eigenvalue weighted by molar-refractivity contribution is 0.0286. The quantitative estimate of drug-likeness (QED) is 0.383. The Balaban J connectivity index is 1.50. The van der Waals surface area contributed by atoms with Gasteiger partial charge in [0, 0.05) is 33.3 Å². The number of hydrogen-bond acceptors (Lipinski definition) is 12. The first-order chi connectivity index (χ1) is 17.8. The number of nitrogens with zero attached hydrogens (tertiary/aromatic N) is 6. The topological polar surface area (TPSA) is 197 Å². The van der Waals surface area contributed by atoms with Gasteiger partial charge in [0.05, 0.1) is 47.9 Å². The van der Waals surface area contributed by atoms with Crippen molar-refractivity contribution in [3.8, 4) is 0 Å². The van der Waals surface area contributed by atoms with Gasteiger partial charge in [0.15, 0.2) is 11.6 Å². The van der Waals surface area contributed by atoms with E-state index in [-0.39, 0.29) is 63.2 Å². The molecule has 2 aliphatic rings. The summed E-state index contributed by atoms with van der Waals surface area (Å²) in [5.74, 6) is -1.27. The number of aromatic nitrogens is 4. The maximum atomic E-state index is 14.6. The largest absolute Gasteiger partial charge is 0.380 e. The van der Waals surface area contributed by atoms with E-state index >= 15 is 0 Å². The normalized spacial score (nSPS) is 25.0. The zero-order valence-electron chi connectivity index (χ0n) is 20.4. The summed E-state index contributed by atoms with van der Waals surface area (Å²) in [6.07, 6.45) is 1.86. The summed E-state index contributed by atoms with van der Waals surface area (Å²) in [6.45, 7) is 0.0172. The highest BCUT2D eigenvalue weighted by molar-refractivity contribution is 7.90. The Hall–Kier alpha value is -2.64. The van der Waals surface area contributed by atoms with Crippen LogP contribution in [0.25, 0.3) is 0 Å². The molecule has 2 aliphatic heterocycles. The lowest BCUT2D eigenvalue weighted by atomic mass is 10.1. The van der Waals surface area contributed by atoms with Crippen LogP contribution in [0.2, 0.25) is 0 Å². The monoisotopic (exact) mass is 578 g/mol. The molecule has 0 amide bonds. The van der Waals surface area contributed by atoms with Gasteiger partial charge in [0.1, 0.15) is 5.69 Å². The molecule has 18 heteroatoms. The van der Waals surface area contributed by atoms with Crippen LogP contribution in [0.4, 0.5) is 20.7 Å². The minimum Gasteiger partial charge on any atom is -0.380 e. The van der Waals surface area contributed by atoms with Gasteiger partial charge < -0.3 is 19.3 Å². The first-order valence-electron chi connectivity index (χ1n) is 11.5. The molecule has 4 N–H and O–H groups in total. The van der Waals surface area contributed by atoms with Gasteiger partial charge in [-0.25, -0.2) is 55.8 Å². The van der Waals surface area contributed by atoms with E-state index in [1.54, 1.807) is 4.90 Å². The minimum absolute atomic E-state index is 0.00405. The molecule has 0 bridgehead atoms. The zero-order valence-corrected chi connectivity index (χ0v) is 22.0. The Bertz CT molecular complexity index is 1350. The van der Waals surface area contributed by atoms with E-state index in [0.29, 0.717) is 0 Å².